The second kappa shape index (κ2) is 12.6. The number of carboxylic acid groups (broad SMARTS) is 1. The van der Waals surface area contributed by atoms with Crippen molar-refractivity contribution >= 4 is 6.47 Å². The van der Waals surface area contributed by atoms with Gasteiger partial charge < -0.3 is 15.2 Å². The molecule has 15 heavy (non-hydrogen) atoms. The first kappa shape index (κ1) is 13.6. The van der Waals surface area contributed by atoms with Gasteiger partial charge in [-0.15, -0.1) is 0 Å². The van der Waals surface area contributed by atoms with Gasteiger partial charge in [0.1, 0.15) is 0 Å². The number of nitrogens with one attached hydrogen (secondary N) is 1. The fourth-order valence-corrected chi connectivity index (χ4v) is 0.901. The van der Waals surface area contributed by atoms with E-state index in [0.29, 0.717) is 0 Å². The first-order valence-electron chi connectivity index (χ1n) is 4.78. The van der Waals surface area contributed by atoms with Crippen LogP contribution in [0.25, 0.3) is 0 Å². The maximum absolute atomic E-state index is 8.36. The van der Waals surface area contributed by atoms with Crippen LogP contribution in [0.5, 0.6) is 0 Å². The van der Waals surface area contributed by atoms with Gasteiger partial charge in [0.25, 0.3) is 6.47 Å². The maximum Gasteiger partial charge on any atom is 0.290 e. The minimum atomic E-state index is -0.250. The summed E-state index contributed by atoms with van der Waals surface area (Å²) in [5, 5.41) is 10.0. The Balaban J connectivity index is 0.000000210. The Labute approximate surface area is 89.9 Å². The standard InChI is InChI=1S/C6H6.C4H9NO.CH2O2/c1-2-4-6-5-3-1;1-3-6-4-2-5-1;2-1-3/h1-6H;5H,1-4H2;1H,(H,2,3). The van der Waals surface area contributed by atoms with Gasteiger partial charge in [0.2, 0.25) is 0 Å². The summed E-state index contributed by atoms with van der Waals surface area (Å²) in [5.74, 6) is 0. The Morgan fingerprint density at radius 2 is 1.33 bits per heavy atom. The Bertz CT molecular complexity index is 174. The molecular formula is C11H17NO3. The van der Waals surface area contributed by atoms with E-state index in [1.54, 1.807) is 0 Å². The maximum atomic E-state index is 8.36. The topological polar surface area (TPSA) is 58.6 Å². The summed E-state index contributed by atoms with van der Waals surface area (Å²) in [7, 11) is 0. The molecule has 2 rings (SSSR count). The molecular weight excluding hydrogens is 194 g/mol. The van der Waals surface area contributed by atoms with Crippen LogP contribution in [0.15, 0.2) is 36.4 Å². The van der Waals surface area contributed by atoms with E-state index in [9.17, 15) is 0 Å². The zero-order valence-corrected chi connectivity index (χ0v) is 8.63. The minimum Gasteiger partial charge on any atom is -0.483 e. The third kappa shape index (κ3) is 12.6. The van der Waals surface area contributed by atoms with Crippen LogP contribution in [0.1, 0.15) is 0 Å². The Morgan fingerprint density at radius 3 is 1.47 bits per heavy atom. The van der Waals surface area contributed by atoms with Gasteiger partial charge in [-0.1, -0.05) is 36.4 Å². The predicted octanol–water partition coefficient (Wildman–Crippen LogP) is 0.994. The van der Waals surface area contributed by atoms with E-state index in [-0.39, 0.29) is 6.47 Å². The van der Waals surface area contributed by atoms with Gasteiger partial charge in [0.15, 0.2) is 0 Å². The molecule has 1 aromatic rings. The molecule has 2 N–H and O–H groups in total. The highest BCUT2D eigenvalue weighted by Crippen LogP contribution is 1.80. The fourth-order valence-electron chi connectivity index (χ4n) is 0.901. The molecule has 4 nitrogen and oxygen atoms in total. The van der Waals surface area contributed by atoms with Crippen molar-refractivity contribution in [3.05, 3.63) is 36.4 Å². The number of morpholine rings is 1. The highest BCUT2D eigenvalue weighted by atomic mass is 16.5. The Hall–Kier alpha value is -1.39. The van der Waals surface area contributed by atoms with Gasteiger partial charge in [-0.05, 0) is 0 Å². The molecule has 0 bridgehead atoms. The van der Waals surface area contributed by atoms with Crippen LogP contribution in [0.4, 0.5) is 0 Å². The van der Waals surface area contributed by atoms with Crippen LogP contribution in [-0.2, 0) is 9.53 Å². The summed E-state index contributed by atoms with van der Waals surface area (Å²) in [6.07, 6.45) is 0. The molecule has 0 saturated carbocycles. The molecule has 1 heterocycles. The number of benzene rings is 1. The molecule has 1 saturated heterocycles. The van der Waals surface area contributed by atoms with Gasteiger partial charge in [-0.2, -0.15) is 0 Å². The first-order valence-corrected chi connectivity index (χ1v) is 4.78. The smallest absolute Gasteiger partial charge is 0.290 e. The Morgan fingerprint density at radius 1 is 1.00 bits per heavy atom. The Kier molecular flexibility index (Phi) is 11.4. The van der Waals surface area contributed by atoms with Gasteiger partial charge in [-0.25, -0.2) is 0 Å². The van der Waals surface area contributed by atoms with E-state index >= 15 is 0 Å². The van der Waals surface area contributed by atoms with E-state index in [2.05, 4.69) is 5.32 Å². The summed E-state index contributed by atoms with van der Waals surface area (Å²) in [6, 6.07) is 12.0. The van der Waals surface area contributed by atoms with Crippen LogP contribution >= 0.6 is 0 Å². The molecule has 84 valence electrons. The normalized spacial score (nSPS) is 13.6. The molecule has 4 heteroatoms. The zero-order valence-electron chi connectivity index (χ0n) is 8.63. The molecule has 0 atom stereocenters. The molecule has 0 radical (unpaired) electrons. The highest BCUT2D eigenvalue weighted by Gasteiger charge is 1.92. The lowest BCUT2D eigenvalue weighted by atomic mass is 10.4. The van der Waals surface area contributed by atoms with Crippen LogP contribution in [0.2, 0.25) is 0 Å². The largest absolute Gasteiger partial charge is 0.483 e. The van der Waals surface area contributed by atoms with E-state index in [1.165, 1.54) is 0 Å². The van der Waals surface area contributed by atoms with Crippen molar-refractivity contribution in [2.75, 3.05) is 26.3 Å². The second-order valence-corrected chi connectivity index (χ2v) is 2.62. The predicted molar refractivity (Wildman–Crippen MR) is 58.8 cm³/mol. The SMILES string of the molecule is C1COCCN1.O=CO.c1ccccc1. The van der Waals surface area contributed by atoms with Crippen molar-refractivity contribution in [1.82, 2.24) is 5.32 Å². The third-order valence-electron chi connectivity index (χ3n) is 1.51. The summed E-state index contributed by atoms with van der Waals surface area (Å²) in [5.41, 5.74) is 0. The number of rotatable bonds is 0. The monoisotopic (exact) mass is 211 g/mol. The first-order chi connectivity index (χ1) is 7.41. The van der Waals surface area contributed by atoms with Gasteiger partial charge in [0, 0.05) is 13.1 Å². The van der Waals surface area contributed by atoms with Crippen molar-refractivity contribution in [3.63, 3.8) is 0 Å². The zero-order chi connectivity index (χ0) is 11.2. The van der Waals surface area contributed by atoms with E-state index < -0.39 is 0 Å². The molecule has 0 aliphatic carbocycles. The number of ether oxygens (including phenoxy) is 1. The summed E-state index contributed by atoms with van der Waals surface area (Å²) >= 11 is 0. The van der Waals surface area contributed by atoms with Crippen molar-refractivity contribution < 1.29 is 14.6 Å². The lowest BCUT2D eigenvalue weighted by Gasteiger charge is -2.10. The van der Waals surface area contributed by atoms with Gasteiger partial charge in [-0.3, -0.25) is 4.79 Å². The average molecular weight is 211 g/mol. The van der Waals surface area contributed by atoms with E-state index in [1.807, 2.05) is 36.4 Å². The van der Waals surface area contributed by atoms with Gasteiger partial charge in [0.05, 0.1) is 13.2 Å². The number of carbonyl (C=O) groups is 1. The lowest BCUT2D eigenvalue weighted by molar-refractivity contribution is -0.122. The van der Waals surface area contributed by atoms with Crippen molar-refractivity contribution in [3.8, 4) is 0 Å². The fraction of sp³-hybridized carbons (Fsp3) is 0.364. The van der Waals surface area contributed by atoms with Crippen LogP contribution in [0.3, 0.4) is 0 Å². The molecule has 1 aromatic carbocycles. The average Bonchev–Trinajstić information content (AvgIpc) is 2.35. The summed E-state index contributed by atoms with van der Waals surface area (Å²) < 4.78 is 5.01. The molecule has 0 aromatic heterocycles. The van der Waals surface area contributed by atoms with Crippen LogP contribution < -0.4 is 5.32 Å². The molecule has 0 amide bonds. The van der Waals surface area contributed by atoms with E-state index in [0.717, 1.165) is 26.3 Å². The minimum absolute atomic E-state index is 0.250. The van der Waals surface area contributed by atoms with E-state index in [4.69, 9.17) is 14.6 Å². The van der Waals surface area contributed by atoms with Gasteiger partial charge >= 0.3 is 0 Å². The van der Waals surface area contributed by atoms with Crippen LogP contribution in [0, 0.1) is 0 Å². The number of hydrogen-bond donors (Lipinski definition) is 2. The number of hydrogen-bond acceptors (Lipinski definition) is 3. The quantitative estimate of drug-likeness (QED) is 0.628. The molecule has 1 aliphatic rings. The summed E-state index contributed by atoms with van der Waals surface area (Å²) in [6.45, 7) is 3.58. The molecule has 0 spiro atoms. The van der Waals surface area contributed by atoms with Crippen molar-refractivity contribution in [2.45, 2.75) is 0 Å². The summed E-state index contributed by atoms with van der Waals surface area (Å²) in [4.78, 5) is 8.36. The second-order valence-electron chi connectivity index (χ2n) is 2.62. The van der Waals surface area contributed by atoms with Crippen molar-refractivity contribution in [2.24, 2.45) is 0 Å². The molecule has 0 unspecified atom stereocenters. The lowest BCUT2D eigenvalue weighted by Crippen LogP contribution is -2.30. The molecule has 1 aliphatic heterocycles. The van der Waals surface area contributed by atoms with Crippen molar-refractivity contribution in [1.29, 1.82) is 0 Å². The van der Waals surface area contributed by atoms with Crippen LogP contribution in [-0.4, -0.2) is 37.9 Å². The third-order valence-corrected chi connectivity index (χ3v) is 1.51. The highest BCUT2D eigenvalue weighted by molar-refractivity contribution is 5.32. The molecule has 1 fully saturated rings.